The van der Waals surface area contributed by atoms with Crippen LogP contribution in [0.3, 0.4) is 0 Å². The Balaban J connectivity index is 1.58. The van der Waals surface area contributed by atoms with Crippen molar-refractivity contribution < 1.29 is 9.53 Å². The number of hydrogen-bond donors (Lipinski definition) is 1. The Hall–Kier alpha value is -2.14. The fourth-order valence-electron chi connectivity index (χ4n) is 3.82. The van der Waals surface area contributed by atoms with Crippen LogP contribution in [0.5, 0.6) is 0 Å². The second-order valence-electron chi connectivity index (χ2n) is 6.38. The molecular weight excluding hydrogens is 292 g/mol. The Morgan fingerprint density at radius 1 is 1.30 bits per heavy atom. The van der Waals surface area contributed by atoms with Crippen molar-refractivity contribution in [2.45, 2.75) is 37.8 Å². The van der Waals surface area contributed by atoms with Crippen molar-refractivity contribution in [3.8, 4) is 0 Å². The molecule has 120 valence electrons. The van der Waals surface area contributed by atoms with Gasteiger partial charge in [-0.05, 0) is 36.8 Å². The number of morpholine rings is 1. The van der Waals surface area contributed by atoms with Crippen molar-refractivity contribution in [3.05, 3.63) is 46.2 Å². The number of aromatic nitrogens is 1. The van der Waals surface area contributed by atoms with Crippen LogP contribution in [0.4, 0.5) is 0 Å². The van der Waals surface area contributed by atoms with E-state index in [0.717, 1.165) is 30.2 Å². The van der Waals surface area contributed by atoms with E-state index < -0.39 is 0 Å². The molecule has 0 bridgehead atoms. The number of fused-ring (bicyclic) bond motifs is 2. The minimum Gasteiger partial charge on any atom is -0.374 e. The predicted octanol–water partition coefficient (Wildman–Crippen LogP) is 1.85. The number of H-pyrrole nitrogens is 1. The lowest BCUT2D eigenvalue weighted by atomic mass is 10.1. The van der Waals surface area contributed by atoms with Gasteiger partial charge >= 0.3 is 0 Å². The van der Waals surface area contributed by atoms with Gasteiger partial charge in [-0.15, -0.1) is 0 Å². The molecule has 1 aromatic heterocycles. The van der Waals surface area contributed by atoms with Crippen molar-refractivity contribution in [1.29, 1.82) is 0 Å². The SMILES string of the molecule is O=C(Cc1cc2ccccc2[nH]c1=O)N1CCO[C@@H]2CCC[C@@H]21. The number of benzene rings is 1. The highest BCUT2D eigenvalue weighted by atomic mass is 16.5. The second-order valence-corrected chi connectivity index (χ2v) is 6.38. The first kappa shape index (κ1) is 14.5. The molecule has 2 fully saturated rings. The molecule has 2 atom stereocenters. The summed E-state index contributed by atoms with van der Waals surface area (Å²) in [5.74, 6) is 0.0333. The third-order valence-electron chi connectivity index (χ3n) is 4.97. The van der Waals surface area contributed by atoms with Crippen LogP contribution < -0.4 is 5.56 Å². The van der Waals surface area contributed by atoms with E-state index in [4.69, 9.17) is 4.74 Å². The van der Waals surface area contributed by atoms with Crippen LogP contribution >= 0.6 is 0 Å². The van der Waals surface area contributed by atoms with Gasteiger partial charge in [-0.1, -0.05) is 18.2 Å². The van der Waals surface area contributed by atoms with Gasteiger partial charge in [-0.2, -0.15) is 0 Å². The Morgan fingerprint density at radius 3 is 3.09 bits per heavy atom. The third kappa shape index (κ3) is 2.65. The van der Waals surface area contributed by atoms with E-state index in [1.807, 2.05) is 35.2 Å². The average molecular weight is 312 g/mol. The van der Waals surface area contributed by atoms with Gasteiger partial charge in [0.15, 0.2) is 0 Å². The zero-order valence-electron chi connectivity index (χ0n) is 13.0. The number of amides is 1. The van der Waals surface area contributed by atoms with Gasteiger partial charge in [0.2, 0.25) is 5.91 Å². The molecule has 4 rings (SSSR count). The number of aromatic amines is 1. The van der Waals surface area contributed by atoms with Gasteiger partial charge in [0.05, 0.1) is 25.2 Å². The molecule has 0 radical (unpaired) electrons. The van der Waals surface area contributed by atoms with Gasteiger partial charge < -0.3 is 14.6 Å². The average Bonchev–Trinajstić information content (AvgIpc) is 3.04. The quantitative estimate of drug-likeness (QED) is 0.920. The number of rotatable bonds is 2. The number of carbonyl (C=O) groups is 1. The van der Waals surface area contributed by atoms with E-state index in [-0.39, 0.29) is 30.0 Å². The topological polar surface area (TPSA) is 62.4 Å². The molecule has 1 aromatic carbocycles. The van der Waals surface area contributed by atoms with Gasteiger partial charge in [0.1, 0.15) is 0 Å². The van der Waals surface area contributed by atoms with E-state index in [1.165, 1.54) is 0 Å². The van der Waals surface area contributed by atoms with E-state index in [1.54, 1.807) is 0 Å². The van der Waals surface area contributed by atoms with E-state index in [9.17, 15) is 9.59 Å². The summed E-state index contributed by atoms with van der Waals surface area (Å²) in [4.78, 5) is 29.7. The zero-order valence-corrected chi connectivity index (χ0v) is 13.0. The molecule has 1 saturated heterocycles. The lowest BCUT2D eigenvalue weighted by molar-refractivity contribution is -0.143. The molecule has 2 aromatic rings. The van der Waals surface area contributed by atoms with Gasteiger partial charge in [0, 0.05) is 17.6 Å². The summed E-state index contributed by atoms with van der Waals surface area (Å²) in [5, 5.41) is 0.954. The van der Waals surface area contributed by atoms with Crippen molar-refractivity contribution in [1.82, 2.24) is 9.88 Å². The van der Waals surface area contributed by atoms with E-state index >= 15 is 0 Å². The molecule has 0 spiro atoms. The summed E-state index contributed by atoms with van der Waals surface area (Å²) < 4.78 is 5.75. The molecule has 2 aliphatic rings. The minimum atomic E-state index is -0.173. The number of ether oxygens (including phenoxy) is 1. The summed E-state index contributed by atoms with van der Waals surface area (Å²) in [7, 11) is 0. The first-order valence-corrected chi connectivity index (χ1v) is 8.24. The Labute approximate surface area is 134 Å². The minimum absolute atomic E-state index is 0.0333. The first-order valence-electron chi connectivity index (χ1n) is 8.24. The zero-order chi connectivity index (χ0) is 15.8. The molecule has 1 aliphatic carbocycles. The van der Waals surface area contributed by atoms with Crippen LogP contribution in [0.15, 0.2) is 35.1 Å². The second kappa shape index (κ2) is 5.81. The van der Waals surface area contributed by atoms with Gasteiger partial charge in [0.25, 0.3) is 5.56 Å². The summed E-state index contributed by atoms with van der Waals surface area (Å²) in [5.41, 5.74) is 1.17. The number of nitrogens with zero attached hydrogens (tertiary/aromatic N) is 1. The molecule has 1 amide bonds. The maximum Gasteiger partial charge on any atom is 0.252 e. The van der Waals surface area contributed by atoms with Crippen LogP contribution in [0.1, 0.15) is 24.8 Å². The van der Waals surface area contributed by atoms with Crippen LogP contribution in [-0.2, 0) is 16.0 Å². The largest absolute Gasteiger partial charge is 0.374 e. The highest BCUT2D eigenvalue weighted by Gasteiger charge is 2.38. The molecule has 5 heteroatoms. The monoisotopic (exact) mass is 312 g/mol. The molecule has 1 saturated carbocycles. The lowest BCUT2D eigenvalue weighted by Crippen LogP contribution is -2.51. The number of para-hydroxylation sites is 1. The maximum absolute atomic E-state index is 12.7. The van der Waals surface area contributed by atoms with Crippen molar-refractivity contribution in [3.63, 3.8) is 0 Å². The van der Waals surface area contributed by atoms with Crippen LogP contribution in [0.25, 0.3) is 10.9 Å². The fourth-order valence-corrected chi connectivity index (χ4v) is 3.82. The summed E-state index contributed by atoms with van der Waals surface area (Å²) in [6, 6.07) is 9.65. The standard InChI is InChI=1S/C18H20N2O3/c21-17(20-8-9-23-16-7-3-6-15(16)20)11-13-10-12-4-1-2-5-14(12)19-18(13)22/h1-2,4-5,10,15-16H,3,6-9,11H2,(H,19,22)/t15-,16+/m0/s1. The third-order valence-corrected chi connectivity index (χ3v) is 4.97. The Kier molecular flexibility index (Phi) is 3.65. The molecule has 1 N–H and O–H groups in total. The Bertz CT molecular complexity index is 798. The molecule has 0 unspecified atom stereocenters. The molecule has 23 heavy (non-hydrogen) atoms. The van der Waals surface area contributed by atoms with Gasteiger partial charge in [-0.25, -0.2) is 0 Å². The molecular formula is C18H20N2O3. The molecule has 1 aliphatic heterocycles. The number of nitrogens with one attached hydrogen (secondary N) is 1. The predicted molar refractivity (Wildman–Crippen MR) is 87.4 cm³/mol. The Morgan fingerprint density at radius 2 is 2.17 bits per heavy atom. The summed E-state index contributed by atoms with van der Waals surface area (Å²) in [6.07, 6.45) is 3.48. The van der Waals surface area contributed by atoms with E-state index in [0.29, 0.717) is 18.7 Å². The van der Waals surface area contributed by atoms with Gasteiger partial charge in [-0.3, -0.25) is 9.59 Å². The van der Waals surface area contributed by atoms with E-state index in [2.05, 4.69) is 4.98 Å². The van der Waals surface area contributed by atoms with Crippen LogP contribution in [-0.4, -0.2) is 41.1 Å². The summed E-state index contributed by atoms with van der Waals surface area (Å²) in [6.45, 7) is 1.23. The smallest absolute Gasteiger partial charge is 0.252 e. The van der Waals surface area contributed by atoms with Crippen molar-refractivity contribution in [2.75, 3.05) is 13.2 Å². The maximum atomic E-state index is 12.7. The fraction of sp³-hybridized carbons (Fsp3) is 0.444. The lowest BCUT2D eigenvalue weighted by Gasteiger charge is -2.37. The highest BCUT2D eigenvalue weighted by Crippen LogP contribution is 2.30. The number of pyridine rings is 1. The van der Waals surface area contributed by atoms with Crippen LogP contribution in [0, 0.1) is 0 Å². The first-order chi connectivity index (χ1) is 11.2. The molecule has 2 heterocycles. The van der Waals surface area contributed by atoms with Crippen molar-refractivity contribution in [2.24, 2.45) is 0 Å². The highest BCUT2D eigenvalue weighted by molar-refractivity contribution is 5.83. The molecule has 5 nitrogen and oxygen atoms in total. The normalized spacial score (nSPS) is 23.9. The van der Waals surface area contributed by atoms with Crippen molar-refractivity contribution >= 4 is 16.8 Å². The summed E-state index contributed by atoms with van der Waals surface area (Å²) >= 11 is 0. The van der Waals surface area contributed by atoms with Crippen LogP contribution in [0.2, 0.25) is 0 Å². The number of hydrogen-bond acceptors (Lipinski definition) is 3. The number of carbonyl (C=O) groups excluding carboxylic acids is 1.